The zero-order valence-corrected chi connectivity index (χ0v) is 11.2. The average molecular weight is 243 g/mol. The van der Waals surface area contributed by atoms with Crippen molar-refractivity contribution in [3.05, 3.63) is 0 Å². The van der Waals surface area contributed by atoms with Crippen LogP contribution >= 0.6 is 0 Å². The Bertz CT molecular complexity index is 256. The molecule has 0 saturated carbocycles. The highest BCUT2D eigenvalue weighted by Gasteiger charge is 2.33. The van der Waals surface area contributed by atoms with Crippen LogP contribution in [0.1, 0.15) is 20.3 Å². The van der Waals surface area contributed by atoms with E-state index in [1.54, 1.807) is 7.11 Å². The summed E-state index contributed by atoms with van der Waals surface area (Å²) in [5.41, 5.74) is 6.15. The molecule has 5 heteroatoms. The van der Waals surface area contributed by atoms with E-state index >= 15 is 0 Å². The molecule has 1 fully saturated rings. The second-order valence-electron chi connectivity index (χ2n) is 5.44. The topological polar surface area (TPSA) is 67.6 Å². The van der Waals surface area contributed by atoms with Gasteiger partial charge in [-0.3, -0.25) is 9.69 Å². The lowest BCUT2D eigenvalue weighted by Gasteiger charge is -2.42. The second kappa shape index (κ2) is 6.33. The van der Waals surface area contributed by atoms with Gasteiger partial charge in [-0.05, 0) is 11.8 Å². The second-order valence-corrected chi connectivity index (χ2v) is 5.44. The first-order valence-electron chi connectivity index (χ1n) is 6.19. The van der Waals surface area contributed by atoms with Gasteiger partial charge in [-0.25, -0.2) is 0 Å². The summed E-state index contributed by atoms with van der Waals surface area (Å²) in [6.07, 6.45) is 0.957. The lowest BCUT2D eigenvalue weighted by molar-refractivity contribution is -0.123. The van der Waals surface area contributed by atoms with Gasteiger partial charge >= 0.3 is 0 Å². The fraction of sp³-hybridized carbons (Fsp3) is 0.917. The number of amides is 1. The highest BCUT2D eigenvalue weighted by Crippen LogP contribution is 2.27. The molecule has 100 valence electrons. The van der Waals surface area contributed by atoms with Gasteiger partial charge in [0.1, 0.15) is 0 Å². The maximum Gasteiger partial charge on any atom is 0.234 e. The SMILES string of the molecule is COCCNC(=O)CN1CCC(N)C(C)(C)C1. The van der Waals surface area contributed by atoms with Crippen molar-refractivity contribution in [2.24, 2.45) is 11.1 Å². The first-order chi connectivity index (χ1) is 7.95. The van der Waals surface area contributed by atoms with Crippen molar-refractivity contribution >= 4 is 5.91 Å². The average Bonchev–Trinajstić information content (AvgIpc) is 2.23. The predicted molar refractivity (Wildman–Crippen MR) is 67.7 cm³/mol. The third kappa shape index (κ3) is 4.61. The molecule has 1 rings (SSSR count). The largest absolute Gasteiger partial charge is 0.383 e. The van der Waals surface area contributed by atoms with Gasteiger partial charge in [0.05, 0.1) is 13.2 Å². The Kier molecular flexibility index (Phi) is 5.36. The first-order valence-corrected chi connectivity index (χ1v) is 6.19. The van der Waals surface area contributed by atoms with Gasteiger partial charge in [0.25, 0.3) is 0 Å². The number of nitrogens with two attached hydrogens (primary N) is 1. The number of hydrogen-bond donors (Lipinski definition) is 2. The molecule has 0 aliphatic carbocycles. The highest BCUT2D eigenvalue weighted by molar-refractivity contribution is 5.78. The maximum atomic E-state index is 11.6. The molecule has 0 aromatic heterocycles. The Morgan fingerprint density at radius 2 is 2.29 bits per heavy atom. The Hall–Kier alpha value is -0.650. The minimum absolute atomic E-state index is 0.0633. The molecule has 1 heterocycles. The van der Waals surface area contributed by atoms with Crippen molar-refractivity contribution in [3.63, 3.8) is 0 Å². The van der Waals surface area contributed by atoms with Crippen LogP contribution in [0.15, 0.2) is 0 Å². The summed E-state index contributed by atoms with van der Waals surface area (Å²) >= 11 is 0. The monoisotopic (exact) mass is 243 g/mol. The summed E-state index contributed by atoms with van der Waals surface area (Å²) in [7, 11) is 1.63. The van der Waals surface area contributed by atoms with Crippen LogP contribution in [0.2, 0.25) is 0 Å². The molecule has 0 aromatic carbocycles. The molecule has 1 amide bonds. The molecule has 3 N–H and O–H groups in total. The molecule has 1 saturated heterocycles. The van der Waals surface area contributed by atoms with Crippen LogP contribution in [-0.2, 0) is 9.53 Å². The van der Waals surface area contributed by atoms with Crippen LogP contribution in [0, 0.1) is 5.41 Å². The van der Waals surface area contributed by atoms with Crippen LogP contribution in [0.25, 0.3) is 0 Å². The third-order valence-electron chi connectivity index (χ3n) is 3.39. The number of nitrogens with one attached hydrogen (secondary N) is 1. The third-order valence-corrected chi connectivity index (χ3v) is 3.39. The lowest BCUT2D eigenvalue weighted by atomic mass is 9.80. The standard InChI is InChI=1S/C12H25N3O2/c1-12(2)9-15(6-4-10(12)13)8-11(16)14-5-7-17-3/h10H,4-9,13H2,1-3H3,(H,14,16). The van der Waals surface area contributed by atoms with Gasteiger partial charge in [-0.15, -0.1) is 0 Å². The summed E-state index contributed by atoms with van der Waals surface area (Å²) < 4.78 is 4.88. The van der Waals surface area contributed by atoms with E-state index in [9.17, 15) is 4.79 Å². The number of piperidine rings is 1. The molecule has 1 unspecified atom stereocenters. The molecule has 17 heavy (non-hydrogen) atoms. The van der Waals surface area contributed by atoms with Gasteiger partial charge < -0.3 is 15.8 Å². The van der Waals surface area contributed by atoms with Crippen LogP contribution in [0.4, 0.5) is 0 Å². The Morgan fingerprint density at radius 1 is 1.59 bits per heavy atom. The van der Waals surface area contributed by atoms with Crippen LogP contribution in [-0.4, -0.2) is 56.7 Å². The number of methoxy groups -OCH3 is 1. The first kappa shape index (κ1) is 14.4. The lowest BCUT2D eigenvalue weighted by Crippen LogP contribution is -2.54. The van der Waals surface area contributed by atoms with E-state index in [0.29, 0.717) is 19.7 Å². The molecule has 0 spiro atoms. The number of ether oxygens (including phenoxy) is 1. The van der Waals surface area contributed by atoms with Crippen LogP contribution < -0.4 is 11.1 Å². The number of carbonyl (C=O) groups is 1. The van der Waals surface area contributed by atoms with Crippen LogP contribution in [0.5, 0.6) is 0 Å². The predicted octanol–water partition coefficient (Wildman–Crippen LogP) is -0.192. The number of rotatable bonds is 5. The van der Waals surface area contributed by atoms with Gasteiger partial charge in [0.2, 0.25) is 5.91 Å². The molecular weight excluding hydrogens is 218 g/mol. The van der Waals surface area contributed by atoms with E-state index < -0.39 is 0 Å². The summed E-state index contributed by atoms with van der Waals surface area (Å²) in [5, 5.41) is 2.83. The van der Waals surface area contributed by atoms with Gasteiger partial charge in [0.15, 0.2) is 0 Å². The zero-order chi connectivity index (χ0) is 12.9. The fourth-order valence-electron chi connectivity index (χ4n) is 2.17. The number of likely N-dealkylation sites (tertiary alicyclic amines) is 1. The maximum absolute atomic E-state index is 11.6. The van der Waals surface area contributed by atoms with Crippen molar-refractivity contribution < 1.29 is 9.53 Å². The summed E-state index contributed by atoms with van der Waals surface area (Å²) in [4.78, 5) is 13.8. The van der Waals surface area contributed by atoms with Crippen molar-refractivity contribution in [2.45, 2.75) is 26.3 Å². The number of carbonyl (C=O) groups excluding carboxylic acids is 1. The molecule has 0 radical (unpaired) electrons. The molecule has 1 aliphatic heterocycles. The molecular formula is C12H25N3O2. The van der Waals surface area contributed by atoms with Crippen molar-refractivity contribution in [3.8, 4) is 0 Å². The summed E-state index contributed by atoms with van der Waals surface area (Å²) in [5.74, 6) is 0.0633. The van der Waals surface area contributed by atoms with Gasteiger partial charge in [-0.1, -0.05) is 13.8 Å². The van der Waals surface area contributed by atoms with Crippen molar-refractivity contribution in [1.82, 2.24) is 10.2 Å². The molecule has 5 nitrogen and oxygen atoms in total. The van der Waals surface area contributed by atoms with Gasteiger partial charge in [-0.2, -0.15) is 0 Å². The summed E-state index contributed by atoms with van der Waals surface area (Å²) in [6, 6.07) is 0.232. The van der Waals surface area contributed by atoms with E-state index in [-0.39, 0.29) is 17.4 Å². The Balaban J connectivity index is 2.30. The highest BCUT2D eigenvalue weighted by atomic mass is 16.5. The zero-order valence-electron chi connectivity index (χ0n) is 11.2. The van der Waals surface area contributed by atoms with E-state index in [1.807, 2.05) is 0 Å². The molecule has 1 aliphatic rings. The Morgan fingerprint density at radius 3 is 2.88 bits per heavy atom. The van der Waals surface area contributed by atoms with E-state index in [4.69, 9.17) is 10.5 Å². The fourth-order valence-corrected chi connectivity index (χ4v) is 2.17. The molecule has 0 aromatic rings. The normalized spacial score (nSPS) is 24.6. The molecule has 0 bridgehead atoms. The minimum atomic E-state index is 0.0633. The summed E-state index contributed by atoms with van der Waals surface area (Å²) in [6.45, 7) is 7.70. The van der Waals surface area contributed by atoms with E-state index in [0.717, 1.165) is 19.5 Å². The number of nitrogens with zero attached hydrogens (tertiary/aromatic N) is 1. The van der Waals surface area contributed by atoms with Gasteiger partial charge in [0, 0.05) is 32.8 Å². The van der Waals surface area contributed by atoms with E-state index in [1.165, 1.54) is 0 Å². The number of hydrogen-bond acceptors (Lipinski definition) is 4. The van der Waals surface area contributed by atoms with Crippen molar-refractivity contribution in [1.29, 1.82) is 0 Å². The minimum Gasteiger partial charge on any atom is -0.383 e. The van der Waals surface area contributed by atoms with Crippen molar-refractivity contribution in [2.75, 3.05) is 39.9 Å². The smallest absolute Gasteiger partial charge is 0.234 e. The Labute approximate surface area is 104 Å². The quantitative estimate of drug-likeness (QED) is 0.657. The molecule has 1 atom stereocenters. The van der Waals surface area contributed by atoms with E-state index in [2.05, 4.69) is 24.1 Å². The van der Waals surface area contributed by atoms with Crippen LogP contribution in [0.3, 0.4) is 0 Å².